The summed E-state index contributed by atoms with van der Waals surface area (Å²) in [4.78, 5) is 4.18. The van der Waals surface area contributed by atoms with E-state index in [4.69, 9.17) is 19.9 Å². The van der Waals surface area contributed by atoms with Gasteiger partial charge in [0.1, 0.15) is 25.0 Å². The lowest BCUT2D eigenvalue weighted by molar-refractivity contribution is 0.146. The third-order valence-electron chi connectivity index (χ3n) is 2.49. The van der Waals surface area contributed by atoms with Crippen molar-refractivity contribution >= 4 is 6.02 Å². The van der Waals surface area contributed by atoms with Gasteiger partial charge in [-0.1, -0.05) is 12.1 Å². The first-order chi connectivity index (χ1) is 8.29. The fourth-order valence-corrected chi connectivity index (χ4v) is 1.59. The Balaban J connectivity index is 1.93. The zero-order valence-electron chi connectivity index (χ0n) is 9.76. The summed E-state index contributed by atoms with van der Waals surface area (Å²) in [5.74, 6) is 0.821. The van der Waals surface area contributed by atoms with Gasteiger partial charge in [-0.25, -0.2) is 4.99 Å². The number of nitrogens with zero attached hydrogens (tertiary/aromatic N) is 1. The molecule has 0 aromatic heterocycles. The fourth-order valence-electron chi connectivity index (χ4n) is 1.59. The van der Waals surface area contributed by atoms with Gasteiger partial charge in [0.25, 0.3) is 6.02 Å². The minimum Gasteiger partial charge on any atom is -0.491 e. The van der Waals surface area contributed by atoms with Crippen molar-refractivity contribution in [1.29, 1.82) is 0 Å². The molecule has 0 amide bonds. The average molecular weight is 236 g/mol. The maximum absolute atomic E-state index is 5.47. The Morgan fingerprint density at radius 3 is 2.71 bits per heavy atom. The second-order valence-electron chi connectivity index (χ2n) is 3.70. The standard InChI is InChI=1S/C12H16N2O3/c1-15-6-7-16-10-4-2-9(3-5-10)11-8-17-12(13)14-11/h2-5,11H,6-8H2,1H3,(H2,13,14). The summed E-state index contributed by atoms with van der Waals surface area (Å²) in [6.07, 6.45) is 0. The van der Waals surface area contributed by atoms with Crippen LogP contribution in [-0.2, 0) is 9.47 Å². The number of amidine groups is 1. The van der Waals surface area contributed by atoms with Crippen molar-refractivity contribution in [2.24, 2.45) is 10.7 Å². The minimum absolute atomic E-state index is 0.00280. The molecular formula is C12H16N2O3. The van der Waals surface area contributed by atoms with Crippen molar-refractivity contribution in [2.75, 3.05) is 26.9 Å². The Hall–Kier alpha value is -1.75. The molecule has 1 aromatic rings. The van der Waals surface area contributed by atoms with Crippen molar-refractivity contribution in [1.82, 2.24) is 0 Å². The molecule has 5 nitrogen and oxygen atoms in total. The van der Waals surface area contributed by atoms with Gasteiger partial charge in [-0.2, -0.15) is 0 Å². The summed E-state index contributed by atoms with van der Waals surface area (Å²) in [6, 6.07) is 8.03. The molecule has 1 aromatic carbocycles. The molecule has 5 heteroatoms. The molecule has 0 aliphatic carbocycles. The maximum Gasteiger partial charge on any atom is 0.282 e. The molecule has 1 atom stereocenters. The molecule has 17 heavy (non-hydrogen) atoms. The average Bonchev–Trinajstić information content (AvgIpc) is 2.77. The molecule has 0 saturated heterocycles. The highest BCUT2D eigenvalue weighted by Gasteiger charge is 2.18. The number of methoxy groups -OCH3 is 1. The highest BCUT2D eigenvalue weighted by atomic mass is 16.5. The molecule has 1 unspecified atom stereocenters. The predicted octanol–water partition coefficient (Wildman–Crippen LogP) is 1.10. The normalized spacial score (nSPS) is 18.6. The van der Waals surface area contributed by atoms with Crippen LogP contribution in [0.25, 0.3) is 0 Å². The van der Waals surface area contributed by atoms with Gasteiger partial charge in [0.05, 0.1) is 6.61 Å². The number of ether oxygens (including phenoxy) is 3. The Kier molecular flexibility index (Phi) is 3.82. The lowest BCUT2D eigenvalue weighted by atomic mass is 10.1. The molecule has 0 fully saturated rings. The van der Waals surface area contributed by atoms with Crippen LogP contribution in [0.2, 0.25) is 0 Å². The van der Waals surface area contributed by atoms with Crippen LogP contribution in [0.5, 0.6) is 5.75 Å². The van der Waals surface area contributed by atoms with E-state index in [0.29, 0.717) is 19.8 Å². The van der Waals surface area contributed by atoms with Crippen LogP contribution in [0.3, 0.4) is 0 Å². The molecular weight excluding hydrogens is 220 g/mol. The van der Waals surface area contributed by atoms with Crippen molar-refractivity contribution < 1.29 is 14.2 Å². The van der Waals surface area contributed by atoms with E-state index < -0.39 is 0 Å². The number of aliphatic imine (C=N–C) groups is 1. The Labute approximate surface area is 100 Å². The zero-order valence-corrected chi connectivity index (χ0v) is 9.76. The molecule has 92 valence electrons. The van der Waals surface area contributed by atoms with Gasteiger partial charge in [0.2, 0.25) is 0 Å². The quantitative estimate of drug-likeness (QED) is 0.777. The number of benzene rings is 1. The summed E-state index contributed by atoms with van der Waals surface area (Å²) in [5, 5.41) is 0. The number of hydrogen-bond donors (Lipinski definition) is 1. The first-order valence-corrected chi connectivity index (χ1v) is 5.47. The summed E-state index contributed by atoms with van der Waals surface area (Å²) in [6.45, 7) is 1.64. The molecule has 1 aliphatic heterocycles. The summed E-state index contributed by atoms with van der Waals surface area (Å²) in [5.41, 5.74) is 6.54. The molecule has 0 saturated carbocycles. The van der Waals surface area contributed by atoms with Gasteiger partial charge >= 0.3 is 0 Å². The van der Waals surface area contributed by atoms with Crippen LogP contribution >= 0.6 is 0 Å². The predicted molar refractivity (Wildman–Crippen MR) is 64.1 cm³/mol. The van der Waals surface area contributed by atoms with E-state index >= 15 is 0 Å². The molecule has 1 heterocycles. The van der Waals surface area contributed by atoms with Crippen LogP contribution in [0.4, 0.5) is 0 Å². The van der Waals surface area contributed by atoms with Crippen LogP contribution in [0.15, 0.2) is 29.3 Å². The van der Waals surface area contributed by atoms with Gasteiger partial charge in [0.15, 0.2) is 0 Å². The highest BCUT2D eigenvalue weighted by molar-refractivity contribution is 5.73. The molecule has 0 spiro atoms. The molecule has 2 N–H and O–H groups in total. The zero-order chi connectivity index (χ0) is 12.1. The molecule has 0 bridgehead atoms. The van der Waals surface area contributed by atoms with Crippen LogP contribution in [0, 0.1) is 0 Å². The van der Waals surface area contributed by atoms with Crippen molar-refractivity contribution in [3.63, 3.8) is 0 Å². The lowest BCUT2D eigenvalue weighted by Crippen LogP contribution is -2.10. The summed E-state index contributed by atoms with van der Waals surface area (Å²) < 4.78 is 15.5. The monoisotopic (exact) mass is 236 g/mol. The summed E-state index contributed by atoms with van der Waals surface area (Å²) >= 11 is 0. The first kappa shape index (κ1) is 11.7. The molecule has 1 aliphatic rings. The fraction of sp³-hybridized carbons (Fsp3) is 0.417. The molecule has 0 radical (unpaired) electrons. The maximum atomic E-state index is 5.47. The second-order valence-corrected chi connectivity index (χ2v) is 3.70. The molecule has 2 rings (SSSR count). The van der Waals surface area contributed by atoms with Crippen molar-refractivity contribution in [3.8, 4) is 5.75 Å². The highest BCUT2D eigenvalue weighted by Crippen LogP contribution is 2.23. The minimum atomic E-state index is 0.00280. The van der Waals surface area contributed by atoms with E-state index in [2.05, 4.69) is 4.99 Å². The van der Waals surface area contributed by atoms with Gasteiger partial charge in [-0.15, -0.1) is 0 Å². The lowest BCUT2D eigenvalue weighted by Gasteiger charge is -2.08. The van der Waals surface area contributed by atoms with Crippen LogP contribution < -0.4 is 10.5 Å². The van der Waals surface area contributed by atoms with Crippen molar-refractivity contribution in [3.05, 3.63) is 29.8 Å². The second kappa shape index (κ2) is 5.54. The van der Waals surface area contributed by atoms with Gasteiger partial charge in [0, 0.05) is 7.11 Å². The third kappa shape index (κ3) is 3.10. The van der Waals surface area contributed by atoms with E-state index in [1.165, 1.54) is 0 Å². The number of nitrogens with two attached hydrogens (primary N) is 1. The number of hydrogen-bond acceptors (Lipinski definition) is 5. The Morgan fingerprint density at radius 2 is 2.12 bits per heavy atom. The Morgan fingerprint density at radius 1 is 1.35 bits per heavy atom. The van der Waals surface area contributed by atoms with E-state index in [1.807, 2.05) is 24.3 Å². The van der Waals surface area contributed by atoms with Crippen LogP contribution in [0.1, 0.15) is 11.6 Å². The van der Waals surface area contributed by atoms with Gasteiger partial charge < -0.3 is 19.9 Å². The van der Waals surface area contributed by atoms with E-state index in [1.54, 1.807) is 7.11 Å². The van der Waals surface area contributed by atoms with E-state index in [9.17, 15) is 0 Å². The van der Waals surface area contributed by atoms with Gasteiger partial charge in [-0.3, -0.25) is 0 Å². The topological polar surface area (TPSA) is 66.1 Å². The van der Waals surface area contributed by atoms with E-state index in [-0.39, 0.29) is 12.1 Å². The largest absolute Gasteiger partial charge is 0.491 e. The smallest absolute Gasteiger partial charge is 0.282 e. The van der Waals surface area contributed by atoms with Crippen molar-refractivity contribution in [2.45, 2.75) is 6.04 Å². The number of rotatable bonds is 5. The first-order valence-electron chi connectivity index (χ1n) is 5.47. The van der Waals surface area contributed by atoms with Crippen LogP contribution in [-0.4, -0.2) is 33.0 Å². The third-order valence-corrected chi connectivity index (χ3v) is 2.49. The SMILES string of the molecule is COCCOc1ccc(C2COC(N)=N2)cc1. The summed E-state index contributed by atoms with van der Waals surface area (Å²) in [7, 11) is 1.65. The van der Waals surface area contributed by atoms with Gasteiger partial charge in [-0.05, 0) is 17.7 Å². The Bertz CT molecular complexity index is 389. The van der Waals surface area contributed by atoms with E-state index in [0.717, 1.165) is 11.3 Å².